The molecule has 0 saturated carbocycles. The van der Waals surface area contributed by atoms with E-state index in [9.17, 15) is 0 Å². The van der Waals surface area contributed by atoms with Crippen molar-refractivity contribution in [1.29, 1.82) is 0 Å². The summed E-state index contributed by atoms with van der Waals surface area (Å²) in [5, 5.41) is 8.42. The molecular formula is C12H17N3S. The lowest BCUT2D eigenvalue weighted by Crippen LogP contribution is -2.21. The molecule has 1 atom stereocenters. The molecule has 2 aromatic rings. The predicted octanol–water partition coefficient (Wildman–Crippen LogP) is 2.18. The Bertz CT molecular complexity index is 452. The van der Waals surface area contributed by atoms with E-state index in [1.165, 1.54) is 11.1 Å². The number of fused-ring (bicyclic) bond motifs is 1. The van der Waals surface area contributed by atoms with Crippen LogP contribution in [0.1, 0.15) is 12.5 Å². The summed E-state index contributed by atoms with van der Waals surface area (Å²) in [7, 11) is 0. The van der Waals surface area contributed by atoms with Gasteiger partial charge in [0.2, 0.25) is 0 Å². The third kappa shape index (κ3) is 2.57. The quantitative estimate of drug-likeness (QED) is 0.861. The maximum atomic E-state index is 4.31. The maximum absolute atomic E-state index is 4.31. The molecule has 0 aliphatic rings. The Morgan fingerprint density at radius 2 is 2.38 bits per heavy atom. The zero-order chi connectivity index (χ0) is 11.4. The summed E-state index contributed by atoms with van der Waals surface area (Å²) in [5.74, 6) is 0. The van der Waals surface area contributed by atoms with Crippen molar-refractivity contribution in [3.8, 4) is 0 Å². The molecule has 0 amide bonds. The second kappa shape index (κ2) is 5.37. The van der Waals surface area contributed by atoms with Gasteiger partial charge in [0.1, 0.15) is 0 Å². The molecule has 2 heterocycles. The van der Waals surface area contributed by atoms with Crippen LogP contribution in [0.5, 0.6) is 0 Å². The molecule has 1 N–H and O–H groups in total. The number of pyridine rings is 1. The molecule has 2 aromatic heterocycles. The van der Waals surface area contributed by atoms with Crippen LogP contribution in [-0.2, 0) is 6.54 Å². The molecule has 1 unspecified atom stereocenters. The van der Waals surface area contributed by atoms with E-state index < -0.39 is 0 Å². The second-order valence-corrected chi connectivity index (χ2v) is 5.15. The Morgan fingerprint density at radius 1 is 1.50 bits per heavy atom. The highest BCUT2D eigenvalue weighted by molar-refractivity contribution is 7.99. The van der Waals surface area contributed by atoms with Gasteiger partial charge in [-0.15, -0.1) is 0 Å². The third-order valence-electron chi connectivity index (χ3n) is 2.66. The van der Waals surface area contributed by atoms with Crippen molar-refractivity contribution in [3.05, 3.63) is 36.2 Å². The lowest BCUT2D eigenvalue weighted by atomic mass is 10.2. The van der Waals surface area contributed by atoms with Gasteiger partial charge in [-0.05, 0) is 18.4 Å². The first-order valence-corrected chi connectivity index (χ1v) is 6.75. The second-order valence-electron chi connectivity index (χ2n) is 3.88. The standard InChI is InChI=1S/C12H17N3S/c1-10(16-2)7-13-8-11-9-14-15-6-4-3-5-12(11)15/h3-6,9-10,13H,7-8H2,1-2H3. The molecule has 86 valence electrons. The summed E-state index contributed by atoms with van der Waals surface area (Å²) in [6, 6.07) is 6.14. The lowest BCUT2D eigenvalue weighted by Gasteiger charge is -2.08. The van der Waals surface area contributed by atoms with Gasteiger partial charge in [0.15, 0.2) is 0 Å². The van der Waals surface area contributed by atoms with Crippen LogP contribution in [0, 0.1) is 0 Å². The van der Waals surface area contributed by atoms with Crippen molar-refractivity contribution in [2.24, 2.45) is 0 Å². The van der Waals surface area contributed by atoms with Crippen LogP contribution in [0.4, 0.5) is 0 Å². The first-order chi connectivity index (χ1) is 7.81. The van der Waals surface area contributed by atoms with E-state index in [0.717, 1.165) is 13.1 Å². The minimum absolute atomic E-state index is 0.654. The van der Waals surface area contributed by atoms with Crippen molar-refractivity contribution in [1.82, 2.24) is 14.9 Å². The maximum Gasteiger partial charge on any atom is 0.0706 e. The average molecular weight is 235 g/mol. The minimum Gasteiger partial charge on any atom is -0.311 e. The van der Waals surface area contributed by atoms with Gasteiger partial charge in [0.05, 0.1) is 11.7 Å². The highest BCUT2D eigenvalue weighted by Crippen LogP contribution is 2.10. The molecule has 0 aliphatic heterocycles. The normalized spacial score (nSPS) is 13.1. The molecule has 0 fully saturated rings. The van der Waals surface area contributed by atoms with Crippen molar-refractivity contribution >= 4 is 17.3 Å². The number of hydrogen-bond acceptors (Lipinski definition) is 3. The van der Waals surface area contributed by atoms with Gasteiger partial charge in [0.25, 0.3) is 0 Å². The van der Waals surface area contributed by atoms with Crippen molar-refractivity contribution in [2.45, 2.75) is 18.7 Å². The largest absolute Gasteiger partial charge is 0.311 e. The monoisotopic (exact) mass is 235 g/mol. The number of thioether (sulfide) groups is 1. The summed E-state index contributed by atoms with van der Waals surface area (Å²) in [6.45, 7) is 4.15. The van der Waals surface area contributed by atoms with Gasteiger partial charge in [0, 0.05) is 30.1 Å². The van der Waals surface area contributed by atoms with Crippen LogP contribution >= 0.6 is 11.8 Å². The van der Waals surface area contributed by atoms with Crippen molar-refractivity contribution in [2.75, 3.05) is 12.8 Å². The van der Waals surface area contributed by atoms with Crippen LogP contribution in [-0.4, -0.2) is 27.7 Å². The lowest BCUT2D eigenvalue weighted by molar-refractivity contribution is 0.687. The molecule has 0 saturated heterocycles. The topological polar surface area (TPSA) is 29.3 Å². The fraction of sp³-hybridized carbons (Fsp3) is 0.417. The van der Waals surface area contributed by atoms with Gasteiger partial charge >= 0.3 is 0 Å². The van der Waals surface area contributed by atoms with E-state index in [1.807, 2.05) is 40.8 Å². The summed E-state index contributed by atoms with van der Waals surface area (Å²) >= 11 is 1.88. The SMILES string of the molecule is CSC(C)CNCc1cnn2ccccc12. The van der Waals surface area contributed by atoms with Crippen LogP contribution in [0.25, 0.3) is 5.52 Å². The first kappa shape index (κ1) is 11.5. The Balaban J connectivity index is 1.99. The fourth-order valence-corrected chi connectivity index (χ4v) is 1.90. The van der Waals surface area contributed by atoms with Crippen LogP contribution in [0.3, 0.4) is 0 Å². The number of rotatable bonds is 5. The Labute approximate surface area is 100 Å². The van der Waals surface area contributed by atoms with Crippen LogP contribution < -0.4 is 5.32 Å². The number of nitrogens with zero attached hydrogens (tertiary/aromatic N) is 2. The zero-order valence-electron chi connectivity index (χ0n) is 9.68. The van der Waals surface area contributed by atoms with Gasteiger partial charge < -0.3 is 5.32 Å². The zero-order valence-corrected chi connectivity index (χ0v) is 10.5. The van der Waals surface area contributed by atoms with Gasteiger partial charge in [-0.2, -0.15) is 16.9 Å². The molecule has 0 bridgehead atoms. The number of aromatic nitrogens is 2. The average Bonchev–Trinajstić information content (AvgIpc) is 2.73. The van der Waals surface area contributed by atoms with E-state index in [2.05, 4.69) is 29.7 Å². The molecule has 0 radical (unpaired) electrons. The fourth-order valence-electron chi connectivity index (χ4n) is 1.62. The van der Waals surface area contributed by atoms with Gasteiger partial charge in [-0.3, -0.25) is 0 Å². The smallest absolute Gasteiger partial charge is 0.0706 e. The Hall–Kier alpha value is -1.00. The Morgan fingerprint density at radius 3 is 3.19 bits per heavy atom. The van der Waals surface area contributed by atoms with Crippen LogP contribution in [0.15, 0.2) is 30.6 Å². The van der Waals surface area contributed by atoms with Gasteiger partial charge in [-0.25, -0.2) is 4.52 Å². The molecule has 0 aliphatic carbocycles. The van der Waals surface area contributed by atoms with Crippen molar-refractivity contribution < 1.29 is 0 Å². The van der Waals surface area contributed by atoms with E-state index in [1.54, 1.807) is 0 Å². The molecule has 0 aromatic carbocycles. The Kier molecular flexibility index (Phi) is 3.85. The summed E-state index contributed by atoms with van der Waals surface area (Å²) < 4.78 is 1.91. The number of hydrogen-bond donors (Lipinski definition) is 1. The number of nitrogens with one attached hydrogen (secondary N) is 1. The summed E-state index contributed by atoms with van der Waals surface area (Å²) in [4.78, 5) is 0. The molecule has 16 heavy (non-hydrogen) atoms. The predicted molar refractivity (Wildman–Crippen MR) is 69.9 cm³/mol. The van der Waals surface area contributed by atoms with Crippen LogP contribution in [0.2, 0.25) is 0 Å². The summed E-state index contributed by atoms with van der Waals surface area (Å²) in [5.41, 5.74) is 2.45. The molecular weight excluding hydrogens is 218 g/mol. The molecule has 4 heteroatoms. The minimum atomic E-state index is 0.654. The van der Waals surface area contributed by atoms with Crippen molar-refractivity contribution in [3.63, 3.8) is 0 Å². The first-order valence-electron chi connectivity index (χ1n) is 5.46. The molecule has 2 rings (SSSR count). The van der Waals surface area contributed by atoms with E-state index in [-0.39, 0.29) is 0 Å². The van der Waals surface area contributed by atoms with E-state index in [0.29, 0.717) is 5.25 Å². The highest BCUT2D eigenvalue weighted by Gasteiger charge is 2.03. The molecule has 0 spiro atoms. The summed E-state index contributed by atoms with van der Waals surface area (Å²) in [6.07, 6.45) is 6.05. The third-order valence-corrected chi connectivity index (χ3v) is 3.63. The highest BCUT2D eigenvalue weighted by atomic mass is 32.2. The molecule has 3 nitrogen and oxygen atoms in total. The van der Waals surface area contributed by atoms with E-state index in [4.69, 9.17) is 0 Å². The van der Waals surface area contributed by atoms with E-state index >= 15 is 0 Å². The van der Waals surface area contributed by atoms with Gasteiger partial charge in [-0.1, -0.05) is 13.0 Å².